The van der Waals surface area contributed by atoms with E-state index in [0.29, 0.717) is 34.6 Å². The van der Waals surface area contributed by atoms with Crippen LogP contribution in [0.2, 0.25) is 0 Å². The second-order valence-electron chi connectivity index (χ2n) is 7.66. The van der Waals surface area contributed by atoms with Crippen LogP contribution in [0.15, 0.2) is 52.4 Å². The lowest BCUT2D eigenvalue weighted by atomic mass is 9.86. The van der Waals surface area contributed by atoms with Crippen molar-refractivity contribution >= 4 is 23.5 Å². The zero-order chi connectivity index (χ0) is 22.8. The van der Waals surface area contributed by atoms with Gasteiger partial charge < -0.3 is 19.4 Å². The van der Waals surface area contributed by atoms with Gasteiger partial charge in [0.1, 0.15) is 12.4 Å². The average molecular weight is 452 g/mol. The van der Waals surface area contributed by atoms with Gasteiger partial charge in [-0.2, -0.15) is 4.98 Å². The van der Waals surface area contributed by atoms with Crippen LogP contribution >= 0.6 is 11.8 Å². The number of hydrogen-bond donors (Lipinski definition) is 1. The van der Waals surface area contributed by atoms with Gasteiger partial charge in [0.25, 0.3) is 5.56 Å². The third-order valence-electron chi connectivity index (χ3n) is 5.72. The zero-order valence-electron chi connectivity index (χ0n) is 18.5. The molecule has 1 N–H and O–H groups in total. The predicted molar refractivity (Wildman–Crippen MR) is 125 cm³/mol. The summed E-state index contributed by atoms with van der Waals surface area (Å²) in [6.45, 7) is 2.46. The summed E-state index contributed by atoms with van der Waals surface area (Å²) in [6, 6.07) is 13.6. The van der Waals surface area contributed by atoms with E-state index in [-0.39, 0.29) is 17.9 Å². The normalized spacial score (nSPS) is 15.1. The van der Waals surface area contributed by atoms with Crippen molar-refractivity contribution in [3.63, 3.8) is 0 Å². The van der Waals surface area contributed by atoms with E-state index in [4.69, 9.17) is 9.47 Å². The molecule has 4 rings (SSSR count). The fraction of sp³-hybridized carbons (Fsp3) is 0.292. The average Bonchev–Trinajstić information content (AvgIpc) is 2.80. The molecule has 32 heavy (non-hydrogen) atoms. The van der Waals surface area contributed by atoms with E-state index in [1.165, 1.54) is 11.8 Å². The Labute approximate surface area is 190 Å². The number of hydrogen-bond acceptors (Lipinski definition) is 6. The quantitative estimate of drug-likeness (QED) is 0.453. The summed E-state index contributed by atoms with van der Waals surface area (Å²) in [4.78, 5) is 29.5. The van der Waals surface area contributed by atoms with Crippen LogP contribution in [-0.4, -0.2) is 28.8 Å². The molecule has 1 unspecified atom stereocenters. The van der Waals surface area contributed by atoms with E-state index in [2.05, 4.69) is 10.3 Å². The van der Waals surface area contributed by atoms with Gasteiger partial charge in [-0.1, -0.05) is 42.1 Å². The summed E-state index contributed by atoms with van der Waals surface area (Å²) in [5.74, 6) is 1.09. The van der Waals surface area contributed by atoms with Gasteiger partial charge in [0.15, 0.2) is 16.7 Å². The van der Waals surface area contributed by atoms with Crippen LogP contribution in [0.3, 0.4) is 0 Å². The van der Waals surface area contributed by atoms with Crippen molar-refractivity contribution in [2.45, 2.75) is 31.0 Å². The maximum atomic E-state index is 12.9. The molecule has 0 bridgehead atoms. The van der Waals surface area contributed by atoms with Gasteiger partial charge in [0.2, 0.25) is 5.91 Å². The van der Waals surface area contributed by atoms with E-state index < -0.39 is 5.92 Å². The zero-order valence-corrected chi connectivity index (χ0v) is 19.3. The smallest absolute Gasteiger partial charge is 0.279 e. The Hall–Kier alpha value is -3.26. The lowest BCUT2D eigenvalue weighted by Gasteiger charge is -2.27. The summed E-state index contributed by atoms with van der Waals surface area (Å²) in [7, 11) is 3.37. The van der Waals surface area contributed by atoms with Crippen LogP contribution in [0.25, 0.3) is 0 Å². The summed E-state index contributed by atoms with van der Waals surface area (Å²) >= 11 is 1.36. The highest BCUT2D eigenvalue weighted by Crippen LogP contribution is 2.39. The SMILES string of the molecule is COc1cc(C2CC(=O)Nc3c2c(=O)nc(SC)n3C)ccc1OCc1ccccc1C. The summed E-state index contributed by atoms with van der Waals surface area (Å²) in [5.41, 5.74) is 3.21. The first-order chi connectivity index (χ1) is 15.4. The molecule has 1 atom stereocenters. The molecule has 0 spiro atoms. The number of benzene rings is 2. The minimum atomic E-state index is -0.417. The molecule has 8 heteroatoms. The molecule has 1 aromatic heterocycles. The molecule has 0 radical (unpaired) electrons. The molecule has 0 saturated carbocycles. The van der Waals surface area contributed by atoms with E-state index in [1.807, 2.05) is 55.6 Å². The van der Waals surface area contributed by atoms with Gasteiger partial charge in [-0.25, -0.2) is 0 Å². The third-order valence-corrected chi connectivity index (χ3v) is 6.45. The molecule has 7 nitrogen and oxygen atoms in total. The summed E-state index contributed by atoms with van der Waals surface area (Å²) < 4.78 is 13.3. The Morgan fingerprint density at radius 3 is 2.69 bits per heavy atom. The Balaban J connectivity index is 1.69. The lowest BCUT2D eigenvalue weighted by molar-refractivity contribution is -0.116. The fourth-order valence-electron chi connectivity index (χ4n) is 3.95. The topological polar surface area (TPSA) is 82.5 Å². The highest BCUT2D eigenvalue weighted by Gasteiger charge is 2.32. The number of nitrogens with one attached hydrogen (secondary N) is 1. The molecule has 0 saturated heterocycles. The van der Waals surface area contributed by atoms with Crippen molar-refractivity contribution < 1.29 is 14.3 Å². The van der Waals surface area contributed by atoms with Crippen LogP contribution in [0.5, 0.6) is 11.5 Å². The first kappa shape index (κ1) is 22.0. The monoisotopic (exact) mass is 451 g/mol. The Kier molecular flexibility index (Phi) is 6.23. The van der Waals surface area contributed by atoms with Crippen molar-refractivity contribution in [3.8, 4) is 11.5 Å². The maximum absolute atomic E-state index is 12.9. The molecule has 2 heterocycles. The van der Waals surface area contributed by atoms with Crippen LogP contribution in [0, 0.1) is 6.92 Å². The van der Waals surface area contributed by atoms with Crippen LogP contribution in [0.1, 0.15) is 34.6 Å². The van der Waals surface area contributed by atoms with Crippen LogP contribution in [0.4, 0.5) is 5.82 Å². The number of anilines is 1. The molecular weight excluding hydrogens is 426 g/mol. The van der Waals surface area contributed by atoms with Gasteiger partial charge >= 0.3 is 0 Å². The van der Waals surface area contributed by atoms with Crippen molar-refractivity contribution in [2.24, 2.45) is 7.05 Å². The molecule has 0 aliphatic carbocycles. The minimum absolute atomic E-state index is 0.144. The summed E-state index contributed by atoms with van der Waals surface area (Å²) in [6.07, 6.45) is 2.01. The third kappa shape index (κ3) is 4.10. The molecule has 1 amide bonds. The second kappa shape index (κ2) is 9.08. The molecule has 1 aliphatic heterocycles. The fourth-order valence-corrected chi connectivity index (χ4v) is 4.49. The second-order valence-corrected chi connectivity index (χ2v) is 8.43. The number of amides is 1. The number of methoxy groups -OCH3 is 1. The molecule has 166 valence electrons. The number of aromatic nitrogens is 2. The Morgan fingerprint density at radius 1 is 1.19 bits per heavy atom. The van der Waals surface area contributed by atoms with E-state index in [9.17, 15) is 9.59 Å². The number of nitrogens with zero attached hydrogens (tertiary/aromatic N) is 2. The number of ether oxygens (including phenoxy) is 2. The number of thioether (sulfide) groups is 1. The summed E-state index contributed by atoms with van der Waals surface area (Å²) in [5, 5.41) is 3.39. The number of fused-ring (bicyclic) bond motifs is 1. The van der Waals surface area contributed by atoms with E-state index in [0.717, 1.165) is 16.7 Å². The Morgan fingerprint density at radius 2 is 1.97 bits per heavy atom. The van der Waals surface area contributed by atoms with Gasteiger partial charge in [0.05, 0.1) is 12.7 Å². The maximum Gasteiger partial charge on any atom is 0.279 e. The Bertz CT molecular complexity index is 1240. The van der Waals surface area contributed by atoms with Gasteiger partial charge in [-0.3, -0.25) is 9.59 Å². The predicted octanol–water partition coefficient (Wildman–Crippen LogP) is 3.87. The molecule has 2 aromatic carbocycles. The molecule has 3 aromatic rings. The molecule has 1 aliphatic rings. The van der Waals surface area contributed by atoms with Crippen LogP contribution in [-0.2, 0) is 18.4 Å². The van der Waals surface area contributed by atoms with Crippen molar-refractivity contribution in [3.05, 3.63) is 75.1 Å². The standard InChI is InChI=1S/C24H25N3O4S/c1-14-7-5-6-8-16(14)13-31-18-10-9-15(11-19(18)30-3)17-12-20(28)25-22-21(17)23(29)26-24(32-4)27(22)2/h5-11,17H,12-13H2,1-4H3,(H,25,28). The highest BCUT2D eigenvalue weighted by atomic mass is 32.2. The van der Waals surface area contributed by atoms with Crippen molar-refractivity contribution in [2.75, 3.05) is 18.7 Å². The first-order valence-corrected chi connectivity index (χ1v) is 11.5. The van der Waals surface area contributed by atoms with Gasteiger partial charge in [-0.05, 0) is 42.0 Å². The number of carbonyl (C=O) groups is 1. The number of aryl methyl sites for hydroxylation is 1. The number of carbonyl (C=O) groups excluding carboxylic acids is 1. The van der Waals surface area contributed by atoms with Crippen molar-refractivity contribution in [1.82, 2.24) is 9.55 Å². The highest BCUT2D eigenvalue weighted by molar-refractivity contribution is 7.98. The lowest BCUT2D eigenvalue weighted by Crippen LogP contribution is -2.33. The number of rotatable bonds is 6. The minimum Gasteiger partial charge on any atom is -0.493 e. The van der Waals surface area contributed by atoms with Crippen LogP contribution < -0.4 is 20.3 Å². The first-order valence-electron chi connectivity index (χ1n) is 10.2. The largest absolute Gasteiger partial charge is 0.493 e. The molecular formula is C24H25N3O4S. The van der Waals surface area contributed by atoms with Gasteiger partial charge in [0, 0.05) is 19.4 Å². The van der Waals surface area contributed by atoms with Gasteiger partial charge in [-0.15, -0.1) is 0 Å². The van der Waals surface area contributed by atoms with E-state index in [1.54, 1.807) is 18.7 Å². The van der Waals surface area contributed by atoms with Crippen molar-refractivity contribution in [1.29, 1.82) is 0 Å². The molecule has 0 fully saturated rings. The van der Waals surface area contributed by atoms with E-state index >= 15 is 0 Å².